The van der Waals surface area contributed by atoms with Crippen LogP contribution in [-0.2, 0) is 0 Å². The van der Waals surface area contributed by atoms with Gasteiger partial charge in [0, 0.05) is 18.1 Å². The summed E-state index contributed by atoms with van der Waals surface area (Å²) in [5.74, 6) is -1.65. The van der Waals surface area contributed by atoms with Gasteiger partial charge in [-0.2, -0.15) is 0 Å². The minimum Gasteiger partial charge on any atom is -0.478 e. The van der Waals surface area contributed by atoms with E-state index in [1.807, 2.05) is 6.07 Å². The lowest BCUT2D eigenvalue weighted by atomic mass is 10.1. The lowest BCUT2D eigenvalue weighted by Gasteiger charge is -2.06. The minimum atomic E-state index is -1.18. The van der Waals surface area contributed by atoms with Crippen LogP contribution in [0.1, 0.15) is 20.7 Å². The van der Waals surface area contributed by atoms with Crippen molar-refractivity contribution in [3.8, 4) is 0 Å². The van der Waals surface area contributed by atoms with Crippen molar-refractivity contribution in [1.82, 2.24) is 4.98 Å². The van der Waals surface area contributed by atoms with E-state index in [2.05, 4.69) is 10.3 Å². The number of hydrogen-bond acceptors (Lipinski definition) is 3. The van der Waals surface area contributed by atoms with Crippen LogP contribution in [0.4, 0.5) is 5.69 Å². The number of aromatic carboxylic acids is 1. The summed E-state index contributed by atoms with van der Waals surface area (Å²) in [6.07, 6.45) is 2.54. The van der Waals surface area contributed by atoms with Gasteiger partial charge in [0.25, 0.3) is 5.91 Å². The first-order valence-corrected chi connectivity index (χ1v) is 5.22. The molecule has 0 saturated heterocycles. The number of carboxylic acid groups (broad SMARTS) is 1. The van der Waals surface area contributed by atoms with Crippen LogP contribution in [-0.4, -0.2) is 22.0 Å². The summed E-state index contributed by atoms with van der Waals surface area (Å²) in [5, 5.41) is 11.6. The van der Waals surface area contributed by atoms with Gasteiger partial charge in [0.15, 0.2) is 0 Å². The third-order valence-corrected chi connectivity index (χ3v) is 2.33. The van der Waals surface area contributed by atoms with Crippen LogP contribution in [0, 0.1) is 0 Å². The number of carbonyl (C=O) groups excluding carboxylic acids is 1. The fourth-order valence-corrected chi connectivity index (χ4v) is 1.48. The van der Waals surface area contributed by atoms with Gasteiger partial charge >= 0.3 is 5.97 Å². The van der Waals surface area contributed by atoms with Gasteiger partial charge in [-0.05, 0) is 18.2 Å². The maximum atomic E-state index is 11.9. The van der Waals surface area contributed by atoms with Crippen LogP contribution in [0.25, 0.3) is 0 Å². The molecule has 0 aliphatic rings. The second kappa shape index (κ2) is 5.09. The van der Waals surface area contributed by atoms with E-state index in [0.717, 1.165) is 6.20 Å². The number of carbonyl (C=O) groups is 2. The molecule has 1 heterocycles. The predicted octanol–water partition coefficient (Wildman–Crippen LogP) is 2.03. The fourth-order valence-electron chi connectivity index (χ4n) is 1.48. The first-order valence-electron chi connectivity index (χ1n) is 5.22. The Morgan fingerprint density at radius 2 is 1.78 bits per heavy atom. The zero-order valence-electron chi connectivity index (χ0n) is 9.33. The number of rotatable bonds is 3. The average molecular weight is 242 g/mol. The smallest absolute Gasteiger partial charge is 0.338 e. The van der Waals surface area contributed by atoms with Gasteiger partial charge in [-0.1, -0.05) is 18.2 Å². The van der Waals surface area contributed by atoms with Gasteiger partial charge in [0.05, 0.1) is 11.1 Å². The van der Waals surface area contributed by atoms with Gasteiger partial charge < -0.3 is 10.4 Å². The highest BCUT2D eigenvalue weighted by molar-refractivity contribution is 6.10. The summed E-state index contributed by atoms with van der Waals surface area (Å²) < 4.78 is 0. The maximum absolute atomic E-state index is 11.9. The van der Waals surface area contributed by atoms with Crippen LogP contribution in [0.5, 0.6) is 0 Å². The number of carboxylic acids is 1. The lowest BCUT2D eigenvalue weighted by Crippen LogP contribution is -2.16. The molecular weight excluding hydrogens is 232 g/mol. The molecule has 2 aromatic rings. The molecule has 0 atom stereocenters. The van der Waals surface area contributed by atoms with E-state index in [0.29, 0.717) is 5.69 Å². The summed E-state index contributed by atoms with van der Waals surface area (Å²) in [6, 6.07) is 10.2. The van der Waals surface area contributed by atoms with Crippen molar-refractivity contribution in [2.75, 3.05) is 5.32 Å². The van der Waals surface area contributed by atoms with Crippen LogP contribution >= 0.6 is 0 Å². The molecule has 5 heteroatoms. The van der Waals surface area contributed by atoms with Crippen molar-refractivity contribution < 1.29 is 14.7 Å². The number of aromatic nitrogens is 1. The summed E-state index contributed by atoms with van der Waals surface area (Å²) in [5.41, 5.74) is 0.572. The molecule has 0 bridgehead atoms. The normalized spacial score (nSPS) is 9.78. The number of amides is 1. The van der Waals surface area contributed by atoms with Crippen LogP contribution in [0.15, 0.2) is 48.8 Å². The average Bonchev–Trinajstić information content (AvgIpc) is 2.40. The van der Waals surface area contributed by atoms with E-state index in [-0.39, 0.29) is 11.1 Å². The topological polar surface area (TPSA) is 79.3 Å². The molecule has 0 spiro atoms. The van der Waals surface area contributed by atoms with Crippen LogP contribution in [0.3, 0.4) is 0 Å². The van der Waals surface area contributed by atoms with Gasteiger partial charge in [-0.15, -0.1) is 0 Å². The summed E-state index contributed by atoms with van der Waals surface area (Å²) in [7, 11) is 0. The number of nitrogens with one attached hydrogen (secondary N) is 1. The molecule has 5 nitrogen and oxygen atoms in total. The highest BCUT2D eigenvalue weighted by atomic mass is 16.4. The first-order chi connectivity index (χ1) is 8.68. The maximum Gasteiger partial charge on any atom is 0.338 e. The number of para-hydroxylation sites is 1. The monoisotopic (exact) mass is 242 g/mol. The predicted molar refractivity (Wildman–Crippen MR) is 65.6 cm³/mol. The largest absolute Gasteiger partial charge is 0.478 e. The Labute approximate surface area is 103 Å². The Morgan fingerprint density at radius 1 is 1.06 bits per heavy atom. The molecule has 1 aromatic heterocycles. The molecule has 1 aromatic carbocycles. The van der Waals surface area contributed by atoms with Crippen LogP contribution in [0.2, 0.25) is 0 Å². The van der Waals surface area contributed by atoms with E-state index in [9.17, 15) is 9.59 Å². The Morgan fingerprint density at radius 3 is 2.44 bits per heavy atom. The third-order valence-electron chi connectivity index (χ3n) is 2.33. The Balaban J connectivity index is 2.27. The molecule has 0 fully saturated rings. The molecule has 18 heavy (non-hydrogen) atoms. The quantitative estimate of drug-likeness (QED) is 0.863. The summed E-state index contributed by atoms with van der Waals surface area (Å²) in [6.45, 7) is 0. The van der Waals surface area contributed by atoms with E-state index in [1.165, 1.54) is 12.3 Å². The van der Waals surface area contributed by atoms with E-state index in [4.69, 9.17) is 5.11 Å². The molecule has 1 amide bonds. The molecule has 0 radical (unpaired) electrons. The van der Waals surface area contributed by atoms with Gasteiger partial charge in [-0.25, -0.2) is 4.79 Å². The fraction of sp³-hybridized carbons (Fsp3) is 0. The molecule has 0 saturated carbocycles. The standard InChI is InChI=1S/C13H10N2O3/c16-12(15-9-4-2-1-3-5-9)10-6-7-14-8-11(10)13(17)18/h1-8H,(H,15,16)(H,17,18). The van der Waals surface area contributed by atoms with Gasteiger partial charge in [-0.3, -0.25) is 9.78 Å². The molecule has 2 N–H and O–H groups in total. The number of pyridine rings is 1. The Bertz CT molecular complexity index is 582. The SMILES string of the molecule is O=C(O)c1cnccc1C(=O)Nc1ccccc1. The molecule has 90 valence electrons. The van der Waals surface area contributed by atoms with Crippen LogP contribution < -0.4 is 5.32 Å². The lowest BCUT2D eigenvalue weighted by molar-refractivity contribution is 0.0692. The molecule has 0 unspecified atom stereocenters. The van der Waals surface area contributed by atoms with Gasteiger partial charge in [0.1, 0.15) is 0 Å². The number of nitrogens with zero attached hydrogens (tertiary/aromatic N) is 1. The van der Waals surface area contributed by atoms with Crippen molar-refractivity contribution in [2.45, 2.75) is 0 Å². The van der Waals surface area contributed by atoms with E-state index in [1.54, 1.807) is 24.3 Å². The Kier molecular flexibility index (Phi) is 3.33. The highest BCUT2D eigenvalue weighted by Gasteiger charge is 2.16. The van der Waals surface area contributed by atoms with Crippen molar-refractivity contribution >= 4 is 17.6 Å². The highest BCUT2D eigenvalue weighted by Crippen LogP contribution is 2.11. The third kappa shape index (κ3) is 2.52. The Hall–Kier alpha value is -2.69. The second-order valence-corrected chi connectivity index (χ2v) is 3.55. The number of benzene rings is 1. The zero-order valence-corrected chi connectivity index (χ0v) is 9.33. The summed E-state index contributed by atoms with van der Waals surface area (Å²) >= 11 is 0. The molecule has 2 rings (SSSR count). The number of anilines is 1. The molecule has 0 aliphatic carbocycles. The van der Waals surface area contributed by atoms with Crippen molar-refractivity contribution in [1.29, 1.82) is 0 Å². The van der Waals surface area contributed by atoms with Crippen molar-refractivity contribution in [3.05, 3.63) is 59.9 Å². The second-order valence-electron chi connectivity index (χ2n) is 3.55. The van der Waals surface area contributed by atoms with E-state index < -0.39 is 11.9 Å². The number of hydrogen-bond donors (Lipinski definition) is 2. The molecular formula is C13H10N2O3. The zero-order chi connectivity index (χ0) is 13.0. The summed E-state index contributed by atoms with van der Waals surface area (Å²) in [4.78, 5) is 26.6. The molecule has 0 aliphatic heterocycles. The first kappa shape index (κ1) is 11.8. The van der Waals surface area contributed by atoms with Crippen molar-refractivity contribution in [3.63, 3.8) is 0 Å². The minimum absolute atomic E-state index is 0.0846. The van der Waals surface area contributed by atoms with E-state index >= 15 is 0 Å². The van der Waals surface area contributed by atoms with Gasteiger partial charge in [0.2, 0.25) is 0 Å². The van der Waals surface area contributed by atoms with Crippen molar-refractivity contribution in [2.24, 2.45) is 0 Å².